The second-order valence-corrected chi connectivity index (χ2v) is 11.6. The van der Waals surface area contributed by atoms with Crippen LogP contribution in [-0.4, -0.2) is 73.8 Å². The van der Waals surface area contributed by atoms with E-state index in [9.17, 15) is 32.3 Å². The van der Waals surface area contributed by atoms with Crippen LogP contribution >= 0.6 is 0 Å². The molecule has 1 saturated heterocycles. The molecular weight excluding hydrogens is 543 g/mol. The number of nitrogens with one attached hydrogen (secondary N) is 4. The zero-order valence-corrected chi connectivity index (χ0v) is 23.1. The lowest BCUT2D eigenvalue weighted by Gasteiger charge is -2.27. The van der Waals surface area contributed by atoms with Crippen molar-refractivity contribution >= 4 is 44.3 Å². The average Bonchev–Trinajstić information content (AvgIpc) is 2.90. The van der Waals surface area contributed by atoms with Crippen molar-refractivity contribution in [1.82, 2.24) is 18.9 Å². The molecule has 2 amide bonds. The molecule has 0 spiro atoms. The van der Waals surface area contributed by atoms with Gasteiger partial charge in [0.2, 0.25) is 0 Å². The number of benzene rings is 2. The summed E-state index contributed by atoms with van der Waals surface area (Å²) in [6.07, 6.45) is 3.05. The van der Waals surface area contributed by atoms with Crippen LogP contribution < -0.4 is 20.9 Å². The first kappa shape index (κ1) is 29.0. The van der Waals surface area contributed by atoms with E-state index in [0.29, 0.717) is 12.1 Å². The molecule has 1 aliphatic rings. The molecule has 12 nitrogen and oxygen atoms in total. The quantitative estimate of drug-likeness (QED) is 0.273. The highest BCUT2D eigenvalue weighted by Gasteiger charge is 2.24. The van der Waals surface area contributed by atoms with E-state index < -0.39 is 44.7 Å². The number of fused-ring (bicyclic) bond motifs is 1. The smallest absolute Gasteiger partial charge is 0.303 e. The van der Waals surface area contributed by atoms with E-state index in [1.165, 1.54) is 39.3 Å². The molecule has 40 heavy (non-hydrogen) atoms. The number of nitrogens with zero attached hydrogens (tertiary/aromatic N) is 2. The van der Waals surface area contributed by atoms with Gasteiger partial charge in [0.25, 0.3) is 17.4 Å². The molecule has 0 bridgehead atoms. The third-order valence-corrected chi connectivity index (χ3v) is 8.12. The lowest BCUT2D eigenvalue weighted by atomic mass is 10.0. The fraction of sp³-hybridized carbons (Fsp3) is 0.346. The van der Waals surface area contributed by atoms with Gasteiger partial charge in [-0.3, -0.25) is 19.3 Å². The molecule has 3 aromatic rings. The van der Waals surface area contributed by atoms with Gasteiger partial charge in [-0.1, -0.05) is 6.42 Å². The molecule has 14 heteroatoms. The maximum absolute atomic E-state index is 14.1. The molecule has 5 N–H and O–H groups in total. The Morgan fingerprint density at radius 2 is 1.77 bits per heavy atom. The summed E-state index contributed by atoms with van der Waals surface area (Å²) in [5.74, 6) is -3.16. The van der Waals surface area contributed by atoms with Gasteiger partial charge in [0.05, 0.1) is 11.2 Å². The number of carbonyl (C=O) groups excluding carboxylic acids is 2. The van der Waals surface area contributed by atoms with E-state index in [2.05, 4.69) is 20.5 Å². The number of halogens is 1. The Kier molecular flexibility index (Phi) is 8.42. The highest BCUT2D eigenvalue weighted by atomic mass is 32.2. The Hall–Kier alpha value is -4.01. The van der Waals surface area contributed by atoms with Crippen molar-refractivity contribution in [3.05, 3.63) is 63.2 Å². The van der Waals surface area contributed by atoms with Gasteiger partial charge in [-0.2, -0.15) is 12.7 Å². The first-order valence-corrected chi connectivity index (χ1v) is 14.0. The molecule has 2 heterocycles. The maximum Gasteiger partial charge on any atom is 0.303 e. The Morgan fingerprint density at radius 3 is 2.42 bits per heavy atom. The van der Waals surface area contributed by atoms with Crippen molar-refractivity contribution in [3.63, 3.8) is 0 Å². The molecule has 2 aromatic carbocycles. The summed E-state index contributed by atoms with van der Waals surface area (Å²) < 4.78 is 41.3. The van der Waals surface area contributed by atoms with Crippen LogP contribution in [-0.2, 0) is 16.8 Å². The summed E-state index contributed by atoms with van der Waals surface area (Å²) in [6.45, 7) is 1.93. The predicted octanol–water partition coefficient (Wildman–Crippen LogP) is 2.19. The van der Waals surface area contributed by atoms with Gasteiger partial charge >= 0.3 is 10.2 Å². The number of hydrogen-bond acceptors (Lipinski definition) is 8. The first-order valence-electron chi connectivity index (χ1n) is 12.6. The summed E-state index contributed by atoms with van der Waals surface area (Å²) >= 11 is 0. The normalized spacial score (nSPS) is 14.3. The van der Waals surface area contributed by atoms with Crippen molar-refractivity contribution < 1.29 is 27.5 Å². The molecule has 1 fully saturated rings. The van der Waals surface area contributed by atoms with Crippen LogP contribution in [0.2, 0.25) is 0 Å². The first-order chi connectivity index (χ1) is 18.9. The fourth-order valence-corrected chi connectivity index (χ4v) is 5.09. The number of pyridine rings is 1. The molecule has 1 aromatic heterocycles. The second kappa shape index (κ2) is 11.6. The molecule has 0 aliphatic carbocycles. The number of amides is 2. The number of aromatic nitrogens is 1. The van der Waals surface area contributed by atoms with Crippen molar-refractivity contribution in [2.24, 2.45) is 0 Å². The Labute approximate surface area is 230 Å². The van der Waals surface area contributed by atoms with Gasteiger partial charge in [-0.25, -0.2) is 9.11 Å². The van der Waals surface area contributed by atoms with Crippen LogP contribution in [0.4, 0.5) is 15.8 Å². The monoisotopic (exact) mass is 574 g/mol. The number of rotatable bonds is 8. The van der Waals surface area contributed by atoms with Crippen LogP contribution in [0.1, 0.15) is 45.5 Å². The van der Waals surface area contributed by atoms with E-state index in [-0.39, 0.29) is 27.8 Å². The van der Waals surface area contributed by atoms with Crippen molar-refractivity contribution in [2.75, 3.05) is 44.9 Å². The lowest BCUT2D eigenvalue weighted by molar-refractivity contribution is 0.0978. The number of likely N-dealkylation sites (tertiary alicyclic amines) is 1. The highest BCUT2D eigenvalue weighted by Crippen LogP contribution is 2.31. The standard InChI is InChI=1S/C26H31FN6O6S/c1-28-20-13-17(27)12-18-22(20)30-26(37)21(23(18)34)25(36)29-19-8-7-15(24(35)31-40(38,39)32(2)3)11-16(19)14-33-9-5-4-6-10-33/h7-8,11-13,28H,4-6,9-10,14H2,1-3H3,(H,29,36)(H,31,35)(H2,30,34,37). The minimum atomic E-state index is -4.03. The molecule has 214 valence electrons. The number of piperidine rings is 1. The van der Waals surface area contributed by atoms with Gasteiger partial charge in [-0.15, -0.1) is 0 Å². The van der Waals surface area contributed by atoms with Crippen LogP contribution in [0.3, 0.4) is 0 Å². The summed E-state index contributed by atoms with van der Waals surface area (Å²) in [4.78, 5) is 43.5. The molecule has 1 aliphatic heterocycles. The number of hydrogen-bond donors (Lipinski definition) is 5. The molecular formula is C26H31FN6O6S. The maximum atomic E-state index is 14.1. The zero-order valence-electron chi connectivity index (χ0n) is 22.3. The van der Waals surface area contributed by atoms with E-state index >= 15 is 0 Å². The molecule has 0 saturated carbocycles. The van der Waals surface area contributed by atoms with E-state index in [0.717, 1.165) is 48.8 Å². The highest BCUT2D eigenvalue weighted by molar-refractivity contribution is 7.87. The Morgan fingerprint density at radius 1 is 1.07 bits per heavy atom. The number of aromatic hydroxyl groups is 1. The molecule has 0 radical (unpaired) electrons. The topological polar surface area (TPSA) is 164 Å². The van der Waals surface area contributed by atoms with Crippen LogP contribution in [0.15, 0.2) is 35.1 Å². The third-order valence-electron chi connectivity index (χ3n) is 6.72. The number of anilines is 2. The van der Waals surface area contributed by atoms with Gasteiger partial charge in [0.15, 0.2) is 0 Å². The zero-order chi connectivity index (χ0) is 29.2. The van der Waals surface area contributed by atoms with E-state index in [4.69, 9.17) is 0 Å². The summed E-state index contributed by atoms with van der Waals surface area (Å²) in [7, 11) is 0.0630. The molecule has 4 rings (SSSR count). The van der Waals surface area contributed by atoms with Crippen LogP contribution in [0, 0.1) is 5.82 Å². The van der Waals surface area contributed by atoms with E-state index in [1.54, 1.807) is 0 Å². The minimum Gasteiger partial charge on any atom is -0.506 e. The fourth-order valence-electron chi connectivity index (χ4n) is 4.55. The van der Waals surface area contributed by atoms with Gasteiger partial charge in [-0.05, 0) is 61.8 Å². The third kappa shape index (κ3) is 6.08. The Balaban J connectivity index is 1.71. The SMILES string of the molecule is CNc1cc(F)cc2c(O)c(C(=O)Nc3ccc(C(=O)NS(=O)(=O)N(C)C)cc3CN3CCCCC3)c(=O)[nH]c12. The average molecular weight is 575 g/mol. The largest absolute Gasteiger partial charge is 0.506 e. The summed E-state index contributed by atoms with van der Waals surface area (Å²) in [5, 5.41) is 16.1. The molecule has 0 atom stereocenters. The van der Waals surface area contributed by atoms with Crippen LogP contribution in [0.5, 0.6) is 5.75 Å². The summed E-state index contributed by atoms with van der Waals surface area (Å²) in [5.41, 5.74) is -0.310. The second-order valence-electron chi connectivity index (χ2n) is 9.69. The minimum absolute atomic E-state index is 0.0527. The van der Waals surface area contributed by atoms with Crippen molar-refractivity contribution in [2.45, 2.75) is 25.8 Å². The lowest BCUT2D eigenvalue weighted by Crippen LogP contribution is -2.39. The van der Waals surface area contributed by atoms with Gasteiger partial charge < -0.3 is 20.7 Å². The van der Waals surface area contributed by atoms with Crippen LogP contribution in [0.25, 0.3) is 10.9 Å². The van der Waals surface area contributed by atoms with Gasteiger partial charge in [0.1, 0.15) is 17.1 Å². The number of H-pyrrole nitrogens is 1. The number of carbonyl (C=O) groups is 2. The van der Waals surface area contributed by atoms with Crippen molar-refractivity contribution in [3.8, 4) is 5.75 Å². The molecule has 0 unspecified atom stereocenters. The van der Waals surface area contributed by atoms with Crippen molar-refractivity contribution in [1.29, 1.82) is 0 Å². The Bertz CT molecular complexity index is 1630. The summed E-state index contributed by atoms with van der Waals surface area (Å²) in [6, 6.07) is 6.40. The number of aromatic amines is 1. The van der Waals surface area contributed by atoms with E-state index in [1.807, 2.05) is 4.72 Å². The van der Waals surface area contributed by atoms with Gasteiger partial charge in [0, 0.05) is 44.3 Å². The predicted molar refractivity (Wildman–Crippen MR) is 149 cm³/mol.